The van der Waals surface area contributed by atoms with Crippen LogP contribution in [0.2, 0.25) is 0 Å². The van der Waals surface area contributed by atoms with Crippen LogP contribution in [0.5, 0.6) is 0 Å². The van der Waals surface area contributed by atoms with Crippen molar-refractivity contribution in [2.45, 2.75) is 59.3 Å². The number of hydrogen-bond donors (Lipinski definition) is 0. The summed E-state index contributed by atoms with van der Waals surface area (Å²) in [6.07, 6.45) is 12.7. The summed E-state index contributed by atoms with van der Waals surface area (Å²) in [7, 11) is 0. The molecule has 0 aromatic heterocycles. The molecule has 0 N–H and O–H groups in total. The average Bonchev–Trinajstić information content (AvgIpc) is 2.37. The van der Waals surface area contributed by atoms with Crippen LogP contribution in [0, 0.1) is 24.3 Å². The molecule has 0 atom stereocenters. The molecule has 0 aliphatic heterocycles. The molecular weight excluding hydrogens is 206 g/mol. The van der Waals surface area contributed by atoms with Gasteiger partial charge in [0, 0.05) is 5.92 Å². The van der Waals surface area contributed by atoms with Crippen molar-refractivity contribution in [2.75, 3.05) is 19.6 Å². The standard InChI is InChI=1S/C16H28N/c1-5-9-13-17(14-10-6-2,15-11-7-3)16-12-8-4/h1H,6-8,10-12,14-16H2,2-4H3/q+1. The lowest BCUT2D eigenvalue weighted by Gasteiger charge is -2.31. The van der Waals surface area contributed by atoms with Crippen molar-refractivity contribution in [1.82, 2.24) is 0 Å². The molecule has 0 rings (SSSR count). The third-order valence-corrected chi connectivity index (χ3v) is 3.18. The molecule has 0 saturated carbocycles. The van der Waals surface area contributed by atoms with E-state index in [1.54, 1.807) is 0 Å². The van der Waals surface area contributed by atoms with Gasteiger partial charge in [-0.2, -0.15) is 0 Å². The molecule has 0 aromatic carbocycles. The first kappa shape index (κ1) is 16.1. The number of terminal acetylenes is 1. The van der Waals surface area contributed by atoms with Crippen molar-refractivity contribution >= 4 is 0 Å². The molecule has 0 spiro atoms. The molecule has 0 bridgehead atoms. The Hall–Kier alpha value is -0.920. The summed E-state index contributed by atoms with van der Waals surface area (Å²) in [5, 5.41) is 0. The quantitative estimate of drug-likeness (QED) is 0.420. The second-order valence-electron chi connectivity index (χ2n) is 4.76. The zero-order chi connectivity index (χ0) is 13.0. The first-order valence-corrected chi connectivity index (χ1v) is 7.08. The van der Waals surface area contributed by atoms with Crippen molar-refractivity contribution in [3.63, 3.8) is 0 Å². The van der Waals surface area contributed by atoms with E-state index in [9.17, 15) is 0 Å². The fourth-order valence-electron chi connectivity index (χ4n) is 2.04. The summed E-state index contributed by atoms with van der Waals surface area (Å²) in [6.45, 7) is 10.2. The minimum absolute atomic E-state index is 0.916. The highest BCUT2D eigenvalue weighted by Crippen LogP contribution is 2.13. The minimum Gasteiger partial charge on any atom is -0.246 e. The maximum atomic E-state index is 5.29. The van der Waals surface area contributed by atoms with Gasteiger partial charge < -0.3 is 0 Å². The van der Waals surface area contributed by atoms with Crippen molar-refractivity contribution < 1.29 is 4.48 Å². The van der Waals surface area contributed by atoms with E-state index in [1.165, 1.54) is 38.5 Å². The number of unbranched alkanes of at least 4 members (excludes halogenated alkanes) is 3. The fraction of sp³-hybridized carbons (Fsp3) is 0.750. The molecule has 0 aliphatic carbocycles. The number of hydrogen-bond acceptors (Lipinski definition) is 0. The van der Waals surface area contributed by atoms with Gasteiger partial charge in [0.05, 0.1) is 19.6 Å². The van der Waals surface area contributed by atoms with Gasteiger partial charge in [-0.1, -0.05) is 40.0 Å². The summed E-state index contributed by atoms with van der Waals surface area (Å²) in [4.78, 5) is 0. The Kier molecular flexibility index (Phi) is 9.69. The molecule has 0 saturated heterocycles. The molecular formula is C16H28N+. The number of rotatable bonds is 9. The summed E-state index contributed by atoms with van der Waals surface area (Å²) < 4.78 is 0.916. The van der Waals surface area contributed by atoms with Crippen LogP contribution < -0.4 is 0 Å². The van der Waals surface area contributed by atoms with Gasteiger partial charge in [0.2, 0.25) is 0 Å². The van der Waals surface area contributed by atoms with Gasteiger partial charge in [0.1, 0.15) is 0 Å². The lowest BCUT2D eigenvalue weighted by molar-refractivity contribution is -0.864. The van der Waals surface area contributed by atoms with Crippen LogP contribution in [0.15, 0.2) is 0 Å². The van der Waals surface area contributed by atoms with Crippen LogP contribution in [0.4, 0.5) is 0 Å². The summed E-state index contributed by atoms with van der Waals surface area (Å²) in [5.41, 5.74) is 0. The highest BCUT2D eigenvalue weighted by atomic mass is 15.3. The van der Waals surface area contributed by atoms with Gasteiger partial charge in [0.15, 0.2) is 6.04 Å². The predicted molar refractivity (Wildman–Crippen MR) is 76.2 cm³/mol. The zero-order valence-electron chi connectivity index (χ0n) is 11.9. The van der Waals surface area contributed by atoms with Crippen molar-refractivity contribution in [2.24, 2.45) is 0 Å². The Bertz CT molecular complexity index is 252. The molecule has 0 radical (unpaired) electrons. The van der Waals surface area contributed by atoms with Crippen LogP contribution in [0.3, 0.4) is 0 Å². The van der Waals surface area contributed by atoms with Gasteiger partial charge in [-0.05, 0) is 25.2 Å². The predicted octanol–water partition coefficient (Wildman–Crippen LogP) is 3.80. The van der Waals surface area contributed by atoms with E-state index in [1.807, 2.05) is 0 Å². The maximum Gasteiger partial charge on any atom is 0.151 e. The highest BCUT2D eigenvalue weighted by Gasteiger charge is 2.24. The van der Waals surface area contributed by atoms with Crippen LogP contribution in [0.1, 0.15) is 59.3 Å². The SMILES string of the molecule is C#CC#C[N+](CCCC)(CCCC)CCCC. The van der Waals surface area contributed by atoms with Gasteiger partial charge in [0.25, 0.3) is 0 Å². The first-order valence-electron chi connectivity index (χ1n) is 7.08. The van der Waals surface area contributed by atoms with Crippen molar-refractivity contribution in [1.29, 1.82) is 0 Å². The summed E-state index contributed by atoms with van der Waals surface area (Å²) >= 11 is 0. The van der Waals surface area contributed by atoms with Crippen molar-refractivity contribution in [3.8, 4) is 24.3 Å². The molecule has 17 heavy (non-hydrogen) atoms. The Morgan fingerprint density at radius 3 is 1.53 bits per heavy atom. The molecule has 0 amide bonds. The summed E-state index contributed by atoms with van der Waals surface area (Å²) in [5.74, 6) is 5.34. The highest BCUT2D eigenvalue weighted by molar-refractivity contribution is 5.19. The van der Waals surface area contributed by atoms with Crippen LogP contribution in [-0.2, 0) is 0 Å². The third kappa shape index (κ3) is 7.09. The van der Waals surface area contributed by atoms with Crippen LogP contribution >= 0.6 is 0 Å². The van der Waals surface area contributed by atoms with E-state index >= 15 is 0 Å². The Morgan fingerprint density at radius 1 is 0.824 bits per heavy atom. The molecule has 1 heteroatoms. The third-order valence-electron chi connectivity index (χ3n) is 3.18. The Morgan fingerprint density at radius 2 is 1.24 bits per heavy atom. The second kappa shape index (κ2) is 10.2. The Labute approximate surface area is 108 Å². The molecule has 1 nitrogen and oxygen atoms in total. The van der Waals surface area contributed by atoms with Crippen molar-refractivity contribution in [3.05, 3.63) is 0 Å². The number of quaternary nitrogens is 1. The van der Waals surface area contributed by atoms with E-state index < -0.39 is 0 Å². The number of nitrogens with zero attached hydrogens (tertiary/aromatic N) is 1. The van der Waals surface area contributed by atoms with Crippen LogP contribution in [0.25, 0.3) is 0 Å². The van der Waals surface area contributed by atoms with E-state index in [4.69, 9.17) is 6.42 Å². The van der Waals surface area contributed by atoms with Gasteiger partial charge >= 0.3 is 0 Å². The monoisotopic (exact) mass is 234 g/mol. The van der Waals surface area contributed by atoms with E-state index in [-0.39, 0.29) is 0 Å². The largest absolute Gasteiger partial charge is 0.246 e. The summed E-state index contributed by atoms with van der Waals surface area (Å²) in [6, 6.07) is 3.34. The topological polar surface area (TPSA) is 0 Å². The normalized spacial score (nSPS) is 10.5. The Balaban J connectivity index is 4.71. The lowest BCUT2D eigenvalue weighted by atomic mass is 10.2. The average molecular weight is 234 g/mol. The molecule has 0 unspecified atom stereocenters. The second-order valence-corrected chi connectivity index (χ2v) is 4.76. The van der Waals surface area contributed by atoms with E-state index in [0.29, 0.717) is 0 Å². The zero-order valence-corrected chi connectivity index (χ0v) is 11.9. The van der Waals surface area contributed by atoms with Gasteiger partial charge in [-0.3, -0.25) is 0 Å². The molecule has 96 valence electrons. The van der Waals surface area contributed by atoms with E-state index in [0.717, 1.165) is 24.1 Å². The smallest absolute Gasteiger partial charge is 0.151 e. The molecule has 0 aromatic rings. The lowest BCUT2D eigenvalue weighted by Crippen LogP contribution is -2.45. The maximum absolute atomic E-state index is 5.29. The van der Waals surface area contributed by atoms with Gasteiger partial charge in [-0.25, -0.2) is 4.48 Å². The fourth-order valence-corrected chi connectivity index (χ4v) is 2.04. The molecule has 0 fully saturated rings. The van der Waals surface area contributed by atoms with Gasteiger partial charge in [-0.15, -0.1) is 6.42 Å². The first-order chi connectivity index (χ1) is 8.24. The molecule has 0 heterocycles. The minimum atomic E-state index is 0.916. The van der Waals surface area contributed by atoms with E-state index in [2.05, 4.69) is 38.7 Å². The van der Waals surface area contributed by atoms with Crippen LogP contribution in [-0.4, -0.2) is 24.1 Å². The molecule has 0 aliphatic rings.